The number of nitrogens with one attached hydrogen (secondary N) is 2. The zero-order chi connectivity index (χ0) is 13.8. The molecule has 2 fully saturated rings. The van der Waals surface area contributed by atoms with E-state index in [4.69, 9.17) is 0 Å². The molecule has 2 aliphatic rings. The van der Waals surface area contributed by atoms with Crippen molar-refractivity contribution in [2.75, 3.05) is 6.54 Å². The number of amides is 1. The third kappa shape index (κ3) is 4.34. The van der Waals surface area contributed by atoms with E-state index in [0.29, 0.717) is 12.5 Å². The molecule has 0 saturated heterocycles. The molecular formula is C17H24N2O. The average molecular weight is 272 g/mol. The quantitative estimate of drug-likeness (QED) is 0.714. The molecule has 1 amide bonds. The molecule has 2 N–H and O–H groups in total. The number of rotatable bonds is 8. The van der Waals surface area contributed by atoms with Crippen molar-refractivity contribution >= 4 is 5.91 Å². The lowest BCUT2D eigenvalue weighted by Gasteiger charge is -2.07. The van der Waals surface area contributed by atoms with Crippen LogP contribution in [0.15, 0.2) is 24.3 Å². The van der Waals surface area contributed by atoms with Gasteiger partial charge >= 0.3 is 0 Å². The second-order valence-corrected chi connectivity index (χ2v) is 6.14. The van der Waals surface area contributed by atoms with Crippen LogP contribution >= 0.6 is 0 Å². The molecule has 0 spiro atoms. The van der Waals surface area contributed by atoms with Gasteiger partial charge < -0.3 is 10.6 Å². The van der Waals surface area contributed by atoms with Crippen molar-refractivity contribution in [3.05, 3.63) is 35.4 Å². The number of hydrogen-bond donors (Lipinski definition) is 2. The van der Waals surface area contributed by atoms with E-state index in [1.165, 1.54) is 36.8 Å². The second kappa shape index (κ2) is 6.40. The van der Waals surface area contributed by atoms with Gasteiger partial charge in [0.1, 0.15) is 0 Å². The molecule has 3 heteroatoms. The SMILES string of the molecule is O=C(CCCNCc1cccc(C2CC2)c1)NC1CC1. The number of carbonyl (C=O) groups excluding carboxylic acids is 1. The minimum Gasteiger partial charge on any atom is -0.353 e. The van der Waals surface area contributed by atoms with Gasteiger partial charge in [-0.1, -0.05) is 24.3 Å². The van der Waals surface area contributed by atoms with E-state index in [2.05, 4.69) is 34.9 Å². The minimum absolute atomic E-state index is 0.213. The Kier molecular flexibility index (Phi) is 4.36. The molecule has 0 aliphatic heterocycles. The van der Waals surface area contributed by atoms with Gasteiger partial charge in [0.15, 0.2) is 0 Å². The summed E-state index contributed by atoms with van der Waals surface area (Å²) in [5.41, 5.74) is 2.85. The summed E-state index contributed by atoms with van der Waals surface area (Å²) in [6.45, 7) is 1.82. The number of carbonyl (C=O) groups is 1. The number of hydrogen-bond acceptors (Lipinski definition) is 2. The van der Waals surface area contributed by atoms with E-state index in [0.717, 1.165) is 25.4 Å². The van der Waals surface area contributed by atoms with Gasteiger partial charge in [-0.15, -0.1) is 0 Å². The normalized spacial score (nSPS) is 18.0. The fraction of sp³-hybridized carbons (Fsp3) is 0.588. The molecule has 2 saturated carbocycles. The topological polar surface area (TPSA) is 41.1 Å². The Morgan fingerprint density at radius 2 is 2.05 bits per heavy atom. The second-order valence-electron chi connectivity index (χ2n) is 6.14. The van der Waals surface area contributed by atoms with Crippen LogP contribution in [-0.2, 0) is 11.3 Å². The maximum absolute atomic E-state index is 11.5. The first-order valence-electron chi connectivity index (χ1n) is 7.90. The predicted molar refractivity (Wildman–Crippen MR) is 80.5 cm³/mol. The highest BCUT2D eigenvalue weighted by molar-refractivity contribution is 5.76. The summed E-state index contributed by atoms with van der Waals surface area (Å²) in [4.78, 5) is 11.5. The fourth-order valence-corrected chi connectivity index (χ4v) is 2.51. The molecule has 1 aromatic rings. The molecule has 3 nitrogen and oxygen atoms in total. The van der Waals surface area contributed by atoms with Crippen LogP contribution in [0.25, 0.3) is 0 Å². The molecule has 2 aliphatic carbocycles. The summed E-state index contributed by atoms with van der Waals surface area (Å²) in [6.07, 6.45) is 6.61. The molecule has 108 valence electrons. The van der Waals surface area contributed by atoms with Crippen LogP contribution in [0.3, 0.4) is 0 Å². The van der Waals surface area contributed by atoms with Crippen LogP contribution in [0.1, 0.15) is 55.6 Å². The maximum atomic E-state index is 11.5. The predicted octanol–water partition coefficient (Wildman–Crippen LogP) is 2.71. The molecule has 0 atom stereocenters. The molecule has 20 heavy (non-hydrogen) atoms. The third-order valence-corrected chi connectivity index (χ3v) is 4.03. The molecular weight excluding hydrogens is 248 g/mol. The summed E-state index contributed by atoms with van der Waals surface area (Å²) in [6, 6.07) is 9.39. The Balaban J connectivity index is 1.30. The lowest BCUT2D eigenvalue weighted by Crippen LogP contribution is -2.26. The highest BCUT2D eigenvalue weighted by atomic mass is 16.1. The molecule has 1 aromatic carbocycles. The first kappa shape index (κ1) is 13.6. The Labute approximate surface area is 121 Å². The molecule has 0 bridgehead atoms. The lowest BCUT2D eigenvalue weighted by molar-refractivity contribution is -0.121. The highest BCUT2D eigenvalue weighted by Crippen LogP contribution is 2.40. The Morgan fingerprint density at radius 1 is 1.20 bits per heavy atom. The molecule has 0 aromatic heterocycles. The molecule has 0 heterocycles. The molecule has 0 radical (unpaired) electrons. The zero-order valence-electron chi connectivity index (χ0n) is 12.0. The van der Waals surface area contributed by atoms with Crippen molar-refractivity contribution in [1.29, 1.82) is 0 Å². The van der Waals surface area contributed by atoms with Crippen LogP contribution in [0.5, 0.6) is 0 Å². The average Bonchev–Trinajstić information content (AvgIpc) is 3.32. The summed E-state index contributed by atoms with van der Waals surface area (Å²) >= 11 is 0. The number of benzene rings is 1. The first-order valence-corrected chi connectivity index (χ1v) is 7.90. The van der Waals surface area contributed by atoms with Gasteiger partial charge in [-0.3, -0.25) is 4.79 Å². The standard InChI is InChI=1S/C17H24N2O/c20-17(19-16-8-9-16)5-2-10-18-12-13-3-1-4-15(11-13)14-6-7-14/h1,3-4,11,14,16,18H,2,5-10,12H2,(H,19,20). The molecule has 0 unspecified atom stereocenters. The van der Waals surface area contributed by atoms with Crippen LogP contribution in [0.2, 0.25) is 0 Å². The maximum Gasteiger partial charge on any atom is 0.220 e. The highest BCUT2D eigenvalue weighted by Gasteiger charge is 2.23. The van der Waals surface area contributed by atoms with Crippen molar-refractivity contribution < 1.29 is 4.79 Å². The Hall–Kier alpha value is -1.35. The minimum atomic E-state index is 0.213. The van der Waals surface area contributed by atoms with Gasteiger partial charge in [0, 0.05) is 19.0 Å². The summed E-state index contributed by atoms with van der Waals surface area (Å²) in [5.74, 6) is 1.03. The van der Waals surface area contributed by atoms with Crippen molar-refractivity contribution in [3.63, 3.8) is 0 Å². The van der Waals surface area contributed by atoms with Crippen molar-refractivity contribution in [2.45, 2.75) is 57.0 Å². The van der Waals surface area contributed by atoms with Crippen LogP contribution < -0.4 is 10.6 Å². The van der Waals surface area contributed by atoms with Crippen LogP contribution in [0.4, 0.5) is 0 Å². The zero-order valence-corrected chi connectivity index (χ0v) is 12.0. The van der Waals surface area contributed by atoms with Crippen molar-refractivity contribution in [3.8, 4) is 0 Å². The molecule has 3 rings (SSSR count). The summed E-state index contributed by atoms with van der Waals surface area (Å²) in [5, 5.41) is 6.46. The van der Waals surface area contributed by atoms with E-state index in [1.807, 2.05) is 0 Å². The summed E-state index contributed by atoms with van der Waals surface area (Å²) in [7, 11) is 0. The van der Waals surface area contributed by atoms with Gasteiger partial charge in [-0.05, 0) is 55.7 Å². The van der Waals surface area contributed by atoms with E-state index in [-0.39, 0.29) is 5.91 Å². The van der Waals surface area contributed by atoms with E-state index < -0.39 is 0 Å². The van der Waals surface area contributed by atoms with Crippen LogP contribution in [0, 0.1) is 0 Å². The van der Waals surface area contributed by atoms with Crippen molar-refractivity contribution in [1.82, 2.24) is 10.6 Å². The van der Waals surface area contributed by atoms with Gasteiger partial charge in [0.25, 0.3) is 0 Å². The Morgan fingerprint density at radius 3 is 2.80 bits per heavy atom. The smallest absolute Gasteiger partial charge is 0.220 e. The van der Waals surface area contributed by atoms with Crippen LogP contribution in [-0.4, -0.2) is 18.5 Å². The van der Waals surface area contributed by atoms with E-state index in [9.17, 15) is 4.79 Å². The van der Waals surface area contributed by atoms with Gasteiger partial charge in [-0.2, -0.15) is 0 Å². The van der Waals surface area contributed by atoms with Gasteiger partial charge in [0.05, 0.1) is 0 Å². The Bertz CT molecular complexity index is 464. The summed E-state index contributed by atoms with van der Waals surface area (Å²) < 4.78 is 0. The van der Waals surface area contributed by atoms with E-state index >= 15 is 0 Å². The first-order chi connectivity index (χ1) is 9.81. The van der Waals surface area contributed by atoms with E-state index in [1.54, 1.807) is 0 Å². The lowest BCUT2D eigenvalue weighted by atomic mass is 10.1. The van der Waals surface area contributed by atoms with Crippen molar-refractivity contribution in [2.24, 2.45) is 0 Å². The fourth-order valence-electron chi connectivity index (χ4n) is 2.51. The third-order valence-electron chi connectivity index (χ3n) is 4.03. The monoisotopic (exact) mass is 272 g/mol. The largest absolute Gasteiger partial charge is 0.353 e. The van der Waals surface area contributed by atoms with Gasteiger partial charge in [-0.25, -0.2) is 0 Å². The van der Waals surface area contributed by atoms with Gasteiger partial charge in [0.2, 0.25) is 5.91 Å².